The number of hydrogen-bond donors (Lipinski definition) is 1. The van der Waals surface area contributed by atoms with Crippen molar-refractivity contribution < 1.29 is 13.9 Å². The van der Waals surface area contributed by atoms with Crippen LogP contribution in [-0.2, 0) is 11.4 Å². The van der Waals surface area contributed by atoms with E-state index in [1.165, 1.54) is 17.8 Å². The van der Waals surface area contributed by atoms with E-state index in [1.54, 1.807) is 41.1 Å². The Labute approximate surface area is 192 Å². The van der Waals surface area contributed by atoms with Crippen molar-refractivity contribution in [1.29, 1.82) is 0 Å². The molecule has 1 amide bonds. The number of hydrogen-bond acceptors (Lipinski definition) is 6. The first-order valence-electron chi connectivity index (χ1n) is 9.52. The molecule has 32 heavy (non-hydrogen) atoms. The molecule has 0 radical (unpaired) electrons. The zero-order valence-corrected chi connectivity index (χ0v) is 18.2. The summed E-state index contributed by atoms with van der Waals surface area (Å²) in [5, 5.41) is 11.8. The van der Waals surface area contributed by atoms with Crippen LogP contribution in [0.5, 0.6) is 5.75 Å². The van der Waals surface area contributed by atoms with Crippen molar-refractivity contribution in [3.63, 3.8) is 0 Å². The molecular weight excluding hydrogens is 453 g/mol. The summed E-state index contributed by atoms with van der Waals surface area (Å²) in [7, 11) is 0. The predicted octanol–water partition coefficient (Wildman–Crippen LogP) is 4.76. The van der Waals surface area contributed by atoms with Crippen LogP contribution >= 0.6 is 23.4 Å². The number of thioether (sulfide) groups is 1. The second-order valence-electron chi connectivity index (χ2n) is 6.47. The fourth-order valence-corrected chi connectivity index (χ4v) is 3.76. The summed E-state index contributed by atoms with van der Waals surface area (Å²) in [5.41, 5.74) is 1.23. The molecule has 1 N–H and O–H groups in total. The van der Waals surface area contributed by atoms with Crippen LogP contribution in [0.15, 0.2) is 78.1 Å². The zero-order valence-electron chi connectivity index (χ0n) is 16.6. The Hall–Kier alpha value is -3.43. The van der Waals surface area contributed by atoms with Gasteiger partial charge < -0.3 is 10.1 Å². The monoisotopic (exact) mass is 469 g/mol. The zero-order chi connectivity index (χ0) is 22.3. The minimum atomic E-state index is -0.460. The first kappa shape index (κ1) is 21.8. The molecule has 0 atom stereocenters. The van der Waals surface area contributed by atoms with Crippen molar-refractivity contribution in [1.82, 2.24) is 19.7 Å². The number of nitrogens with one attached hydrogen (secondary N) is 1. The molecule has 0 saturated heterocycles. The highest BCUT2D eigenvalue weighted by Gasteiger charge is 2.17. The first-order valence-corrected chi connectivity index (χ1v) is 10.9. The van der Waals surface area contributed by atoms with E-state index in [0.29, 0.717) is 16.7 Å². The van der Waals surface area contributed by atoms with Gasteiger partial charge in [-0.25, -0.2) is 9.37 Å². The van der Waals surface area contributed by atoms with Crippen molar-refractivity contribution in [3.8, 4) is 11.4 Å². The van der Waals surface area contributed by atoms with E-state index >= 15 is 0 Å². The molecule has 10 heteroatoms. The van der Waals surface area contributed by atoms with Gasteiger partial charge in [0.1, 0.15) is 6.61 Å². The van der Waals surface area contributed by atoms with E-state index in [-0.39, 0.29) is 29.2 Å². The SMILES string of the molecule is O=C(CSc1nnc(COc2ccccc2F)n1-c1ccccc1)Nc1cccnc1Cl. The van der Waals surface area contributed by atoms with Gasteiger partial charge >= 0.3 is 0 Å². The third-order valence-corrected chi connectivity index (χ3v) is 5.50. The van der Waals surface area contributed by atoms with E-state index in [4.69, 9.17) is 16.3 Å². The summed E-state index contributed by atoms with van der Waals surface area (Å²) in [6.45, 7) is 0.000870. The smallest absolute Gasteiger partial charge is 0.234 e. The summed E-state index contributed by atoms with van der Waals surface area (Å²) in [6.07, 6.45) is 1.54. The van der Waals surface area contributed by atoms with Crippen LogP contribution in [0.1, 0.15) is 5.82 Å². The second kappa shape index (κ2) is 10.3. The number of carbonyl (C=O) groups is 1. The van der Waals surface area contributed by atoms with Crippen molar-refractivity contribution in [3.05, 3.63) is 89.7 Å². The fraction of sp³-hybridized carbons (Fsp3) is 0.0909. The summed E-state index contributed by atoms with van der Waals surface area (Å²) in [5.74, 6) is -0.0605. The van der Waals surface area contributed by atoms with Gasteiger partial charge in [-0.2, -0.15) is 0 Å². The molecule has 0 aliphatic heterocycles. The summed E-state index contributed by atoms with van der Waals surface area (Å²) >= 11 is 7.20. The standard InChI is InChI=1S/C22H17ClFN5O2S/c23-21-17(10-6-12-25-21)26-20(30)14-32-22-28-27-19(29(22)15-7-2-1-3-8-15)13-31-18-11-5-4-9-16(18)24/h1-12H,13-14H2,(H,26,30). The molecule has 0 fully saturated rings. The Bertz CT molecular complexity index is 1220. The highest BCUT2D eigenvalue weighted by atomic mass is 35.5. The fourth-order valence-electron chi connectivity index (χ4n) is 2.82. The molecule has 0 spiro atoms. The lowest BCUT2D eigenvalue weighted by Crippen LogP contribution is -2.15. The Kier molecular flexibility index (Phi) is 6.98. The second-order valence-corrected chi connectivity index (χ2v) is 7.77. The average Bonchev–Trinajstić information content (AvgIpc) is 3.22. The Morgan fingerprint density at radius 2 is 1.84 bits per heavy atom. The van der Waals surface area contributed by atoms with Gasteiger partial charge in [0.2, 0.25) is 5.91 Å². The lowest BCUT2D eigenvalue weighted by Gasteiger charge is -2.11. The molecule has 7 nitrogen and oxygen atoms in total. The molecule has 4 rings (SSSR count). The largest absolute Gasteiger partial charge is 0.483 e. The normalized spacial score (nSPS) is 10.7. The number of para-hydroxylation sites is 2. The molecule has 0 saturated carbocycles. The van der Waals surface area contributed by atoms with Crippen molar-refractivity contribution in [2.45, 2.75) is 11.8 Å². The maximum Gasteiger partial charge on any atom is 0.234 e. The molecule has 0 unspecified atom stereocenters. The number of aromatic nitrogens is 4. The van der Waals surface area contributed by atoms with Crippen molar-refractivity contribution in [2.75, 3.05) is 11.1 Å². The van der Waals surface area contributed by atoms with Crippen molar-refractivity contribution in [2.24, 2.45) is 0 Å². The van der Waals surface area contributed by atoms with Crippen LogP contribution in [0, 0.1) is 5.82 Å². The quantitative estimate of drug-likeness (QED) is 0.296. The molecule has 2 aromatic carbocycles. The van der Waals surface area contributed by atoms with Crippen LogP contribution in [0.4, 0.5) is 10.1 Å². The van der Waals surface area contributed by atoms with Crippen LogP contribution < -0.4 is 10.1 Å². The van der Waals surface area contributed by atoms with Gasteiger partial charge in [0.15, 0.2) is 27.7 Å². The molecule has 0 bridgehead atoms. The van der Waals surface area contributed by atoms with Crippen LogP contribution in [-0.4, -0.2) is 31.4 Å². The molecule has 2 aromatic heterocycles. The maximum absolute atomic E-state index is 13.9. The first-order chi connectivity index (χ1) is 15.6. The molecule has 4 aromatic rings. The van der Waals surface area contributed by atoms with Gasteiger partial charge in [0.25, 0.3) is 0 Å². The van der Waals surface area contributed by atoms with E-state index in [1.807, 2.05) is 30.3 Å². The van der Waals surface area contributed by atoms with Crippen molar-refractivity contribution >= 4 is 35.0 Å². The van der Waals surface area contributed by atoms with Gasteiger partial charge in [-0.1, -0.05) is 53.7 Å². The number of benzene rings is 2. The molecular formula is C22H17ClFN5O2S. The molecule has 162 valence electrons. The average molecular weight is 470 g/mol. The highest BCUT2D eigenvalue weighted by molar-refractivity contribution is 7.99. The number of nitrogens with zero attached hydrogens (tertiary/aromatic N) is 4. The lowest BCUT2D eigenvalue weighted by molar-refractivity contribution is -0.113. The summed E-state index contributed by atoms with van der Waals surface area (Å²) in [4.78, 5) is 16.3. The van der Waals surface area contributed by atoms with Crippen LogP contribution in [0.25, 0.3) is 5.69 Å². The predicted molar refractivity (Wildman–Crippen MR) is 121 cm³/mol. The minimum Gasteiger partial charge on any atom is -0.483 e. The Morgan fingerprint density at radius 1 is 1.06 bits per heavy atom. The maximum atomic E-state index is 13.9. The number of carbonyl (C=O) groups excluding carboxylic acids is 1. The van der Waals surface area contributed by atoms with E-state index in [0.717, 1.165) is 5.69 Å². The lowest BCUT2D eigenvalue weighted by atomic mass is 10.3. The molecule has 0 aliphatic carbocycles. The summed E-state index contributed by atoms with van der Waals surface area (Å²) < 4.78 is 21.3. The highest BCUT2D eigenvalue weighted by Crippen LogP contribution is 2.24. The number of ether oxygens (including phenoxy) is 1. The van der Waals surface area contributed by atoms with Gasteiger partial charge in [0.05, 0.1) is 11.4 Å². The number of anilines is 1. The Balaban J connectivity index is 1.51. The molecule has 0 aliphatic rings. The molecule has 2 heterocycles. The number of rotatable bonds is 8. The number of amides is 1. The number of halogens is 2. The number of pyridine rings is 1. The van der Waals surface area contributed by atoms with E-state index in [2.05, 4.69) is 20.5 Å². The van der Waals surface area contributed by atoms with Gasteiger partial charge in [-0.3, -0.25) is 9.36 Å². The topological polar surface area (TPSA) is 81.9 Å². The Morgan fingerprint density at radius 3 is 2.62 bits per heavy atom. The summed E-state index contributed by atoms with van der Waals surface area (Å²) in [6, 6.07) is 18.9. The van der Waals surface area contributed by atoms with Gasteiger partial charge in [-0.15, -0.1) is 10.2 Å². The van der Waals surface area contributed by atoms with Crippen LogP contribution in [0.3, 0.4) is 0 Å². The minimum absolute atomic E-state index is 0.000870. The van der Waals surface area contributed by atoms with Gasteiger partial charge in [-0.05, 0) is 36.4 Å². The third kappa shape index (κ3) is 5.24. The third-order valence-electron chi connectivity index (χ3n) is 4.27. The van der Waals surface area contributed by atoms with E-state index in [9.17, 15) is 9.18 Å². The van der Waals surface area contributed by atoms with E-state index < -0.39 is 5.82 Å². The van der Waals surface area contributed by atoms with Crippen LogP contribution in [0.2, 0.25) is 5.15 Å². The van der Waals surface area contributed by atoms with Gasteiger partial charge in [0, 0.05) is 11.9 Å².